The van der Waals surface area contributed by atoms with Crippen LogP contribution in [0.5, 0.6) is 0 Å². The average Bonchev–Trinajstić information content (AvgIpc) is 2.92. The van der Waals surface area contributed by atoms with Crippen molar-refractivity contribution in [1.82, 2.24) is 0 Å². The van der Waals surface area contributed by atoms with Gasteiger partial charge in [0.05, 0.1) is 0 Å². The molecule has 0 bridgehead atoms. The number of hydrogen-bond acceptors (Lipinski definition) is 3. The second-order valence-corrected chi connectivity index (χ2v) is 5.96. The zero-order chi connectivity index (χ0) is 14.8. The Kier molecular flexibility index (Phi) is 3.75. The highest BCUT2D eigenvalue weighted by Crippen LogP contribution is 2.29. The third kappa shape index (κ3) is 3.13. The number of anilines is 1. The Morgan fingerprint density at radius 1 is 1.38 bits per heavy atom. The first-order valence-corrected chi connectivity index (χ1v) is 7.51. The molecule has 3 nitrogen and oxygen atoms in total. The molecule has 0 atom stereocenters. The molecule has 0 spiro atoms. The van der Waals surface area contributed by atoms with Gasteiger partial charge in [-0.2, -0.15) is 0 Å². The maximum atomic E-state index is 13.7. The molecule has 1 aromatic carbocycles. The normalized spacial score (nSPS) is 14.4. The zero-order valence-corrected chi connectivity index (χ0v) is 12.1. The molecule has 0 aliphatic carbocycles. The van der Waals surface area contributed by atoms with Gasteiger partial charge in [-0.15, -0.1) is 11.3 Å². The second kappa shape index (κ2) is 5.69. The molecule has 0 radical (unpaired) electrons. The minimum absolute atomic E-state index is 0.353. The van der Waals surface area contributed by atoms with Gasteiger partial charge in [-0.05, 0) is 53.3 Å². The van der Waals surface area contributed by atoms with Crippen LogP contribution in [0, 0.1) is 5.82 Å². The summed E-state index contributed by atoms with van der Waals surface area (Å²) >= 11 is 1.76. The van der Waals surface area contributed by atoms with Gasteiger partial charge in [0.1, 0.15) is 5.82 Å². The molecule has 1 aliphatic rings. The summed E-state index contributed by atoms with van der Waals surface area (Å²) in [6.07, 6.45) is 3.39. The third-order valence-corrected chi connectivity index (χ3v) is 4.52. The summed E-state index contributed by atoms with van der Waals surface area (Å²) in [5.41, 5.74) is 2.64. The number of carbonyl (C=O) groups is 1. The van der Waals surface area contributed by atoms with Gasteiger partial charge in [0, 0.05) is 29.7 Å². The van der Waals surface area contributed by atoms with E-state index in [4.69, 9.17) is 5.11 Å². The van der Waals surface area contributed by atoms with E-state index < -0.39 is 5.97 Å². The molecule has 1 aliphatic heterocycles. The van der Waals surface area contributed by atoms with Crippen LogP contribution in [0.2, 0.25) is 0 Å². The molecule has 0 saturated carbocycles. The van der Waals surface area contributed by atoms with E-state index in [1.54, 1.807) is 11.3 Å². The molecule has 2 heterocycles. The van der Waals surface area contributed by atoms with Crippen molar-refractivity contribution in [2.24, 2.45) is 0 Å². The van der Waals surface area contributed by atoms with E-state index in [-0.39, 0.29) is 5.82 Å². The Morgan fingerprint density at radius 2 is 2.24 bits per heavy atom. The van der Waals surface area contributed by atoms with Crippen LogP contribution in [0.4, 0.5) is 10.1 Å². The number of hydrogen-bond donors (Lipinski definition) is 1. The summed E-state index contributed by atoms with van der Waals surface area (Å²) in [6.45, 7) is 1.61. The molecular weight excluding hydrogens is 289 g/mol. The highest BCUT2D eigenvalue weighted by atomic mass is 32.1. The molecule has 0 fully saturated rings. The smallest absolute Gasteiger partial charge is 0.328 e. The largest absolute Gasteiger partial charge is 0.478 e. The van der Waals surface area contributed by atoms with Gasteiger partial charge < -0.3 is 10.0 Å². The first-order valence-electron chi connectivity index (χ1n) is 6.63. The minimum atomic E-state index is -1.04. The number of carboxylic acids is 1. The van der Waals surface area contributed by atoms with Crippen molar-refractivity contribution in [3.63, 3.8) is 0 Å². The van der Waals surface area contributed by atoms with Gasteiger partial charge in [-0.1, -0.05) is 0 Å². The number of thiophene rings is 1. The predicted octanol–water partition coefficient (Wildman–Crippen LogP) is 3.55. The van der Waals surface area contributed by atoms with E-state index >= 15 is 0 Å². The molecule has 5 heteroatoms. The first kappa shape index (κ1) is 13.8. The molecule has 108 valence electrons. The van der Waals surface area contributed by atoms with Gasteiger partial charge >= 0.3 is 5.97 Å². The van der Waals surface area contributed by atoms with Crippen molar-refractivity contribution < 1.29 is 14.3 Å². The van der Waals surface area contributed by atoms with Crippen molar-refractivity contribution in [2.75, 3.05) is 11.4 Å². The number of halogens is 1. The quantitative estimate of drug-likeness (QED) is 0.882. The molecular formula is C16H14FNO2S. The van der Waals surface area contributed by atoms with Gasteiger partial charge in [-0.25, -0.2) is 9.18 Å². The lowest BCUT2D eigenvalue weighted by Crippen LogP contribution is -2.29. The Morgan fingerprint density at radius 3 is 3.05 bits per heavy atom. The average molecular weight is 303 g/mol. The van der Waals surface area contributed by atoms with E-state index in [0.717, 1.165) is 31.3 Å². The van der Waals surface area contributed by atoms with Gasteiger partial charge in [0.25, 0.3) is 0 Å². The van der Waals surface area contributed by atoms with Crippen molar-refractivity contribution in [3.05, 3.63) is 57.5 Å². The zero-order valence-electron chi connectivity index (χ0n) is 11.3. The Labute approximate surface area is 126 Å². The number of rotatable bonds is 3. The van der Waals surface area contributed by atoms with Crippen LogP contribution < -0.4 is 4.90 Å². The fourth-order valence-corrected chi connectivity index (χ4v) is 3.40. The van der Waals surface area contributed by atoms with Crippen LogP contribution in [-0.4, -0.2) is 17.6 Å². The van der Waals surface area contributed by atoms with Crippen molar-refractivity contribution in [3.8, 4) is 0 Å². The summed E-state index contributed by atoms with van der Waals surface area (Å²) in [6, 6.07) is 6.76. The summed E-state index contributed by atoms with van der Waals surface area (Å²) < 4.78 is 13.7. The summed E-state index contributed by atoms with van der Waals surface area (Å²) in [4.78, 5) is 14.1. The van der Waals surface area contributed by atoms with Crippen LogP contribution in [0.3, 0.4) is 0 Å². The molecule has 21 heavy (non-hydrogen) atoms. The van der Waals surface area contributed by atoms with Crippen molar-refractivity contribution in [2.45, 2.75) is 13.0 Å². The van der Waals surface area contributed by atoms with Crippen LogP contribution in [0.25, 0.3) is 6.08 Å². The molecule has 1 N–H and O–H groups in total. The fraction of sp³-hybridized carbons (Fsp3) is 0.188. The summed E-state index contributed by atoms with van der Waals surface area (Å²) in [5.74, 6) is -1.39. The number of fused-ring (bicyclic) bond motifs is 1. The second-order valence-electron chi connectivity index (χ2n) is 4.95. The first-order chi connectivity index (χ1) is 10.1. The minimum Gasteiger partial charge on any atom is -0.478 e. The topological polar surface area (TPSA) is 40.5 Å². The van der Waals surface area contributed by atoms with Crippen LogP contribution in [0.1, 0.15) is 16.0 Å². The highest BCUT2D eigenvalue weighted by Gasteiger charge is 2.18. The number of carboxylic acid groups (broad SMARTS) is 1. The Balaban J connectivity index is 1.87. The lowest BCUT2D eigenvalue weighted by molar-refractivity contribution is -0.131. The van der Waals surface area contributed by atoms with Crippen molar-refractivity contribution in [1.29, 1.82) is 0 Å². The van der Waals surface area contributed by atoms with Crippen LogP contribution in [-0.2, 0) is 17.8 Å². The van der Waals surface area contributed by atoms with Crippen LogP contribution in [0.15, 0.2) is 35.7 Å². The Hall–Kier alpha value is -2.14. The number of nitrogens with zero attached hydrogens (tertiary/aromatic N) is 1. The van der Waals surface area contributed by atoms with E-state index in [9.17, 15) is 9.18 Å². The molecule has 0 amide bonds. The Bertz CT molecular complexity index is 708. The van der Waals surface area contributed by atoms with E-state index in [1.165, 1.54) is 28.6 Å². The van der Waals surface area contributed by atoms with Gasteiger partial charge in [0.2, 0.25) is 0 Å². The lowest BCUT2D eigenvalue weighted by Gasteiger charge is -2.29. The van der Waals surface area contributed by atoms with E-state index in [1.807, 2.05) is 6.07 Å². The summed E-state index contributed by atoms with van der Waals surface area (Å²) in [5, 5.41) is 10.7. The molecule has 0 saturated heterocycles. The van der Waals surface area contributed by atoms with Gasteiger partial charge in [0.15, 0.2) is 0 Å². The fourth-order valence-electron chi connectivity index (χ4n) is 2.51. The SMILES string of the molecule is O=C(O)/C=C/c1cc(F)cc(N2CCc3sccc3C2)c1. The van der Waals surface area contributed by atoms with Crippen LogP contribution >= 0.6 is 11.3 Å². The van der Waals surface area contributed by atoms with E-state index in [2.05, 4.69) is 16.3 Å². The standard InChI is InChI=1S/C16H14FNO2S/c17-13-7-11(1-2-16(19)20)8-14(9-13)18-5-3-15-12(10-18)4-6-21-15/h1-2,4,6-9H,3,5,10H2,(H,19,20)/b2-1+. The third-order valence-electron chi connectivity index (χ3n) is 3.50. The maximum absolute atomic E-state index is 13.7. The molecule has 3 rings (SSSR count). The molecule has 0 unspecified atom stereocenters. The van der Waals surface area contributed by atoms with E-state index in [0.29, 0.717) is 5.56 Å². The molecule has 1 aromatic heterocycles. The van der Waals surface area contributed by atoms with Crippen molar-refractivity contribution >= 4 is 29.1 Å². The predicted molar refractivity (Wildman–Crippen MR) is 82.1 cm³/mol. The number of benzene rings is 1. The monoisotopic (exact) mass is 303 g/mol. The highest BCUT2D eigenvalue weighted by molar-refractivity contribution is 7.10. The van der Waals surface area contributed by atoms with Gasteiger partial charge in [-0.3, -0.25) is 0 Å². The summed E-state index contributed by atoms with van der Waals surface area (Å²) in [7, 11) is 0. The maximum Gasteiger partial charge on any atom is 0.328 e. The lowest BCUT2D eigenvalue weighted by atomic mass is 10.1. The molecule has 2 aromatic rings. The number of aliphatic carboxylic acids is 1.